The Balaban J connectivity index is 1.61. The molecule has 0 saturated carbocycles. The highest BCUT2D eigenvalue weighted by atomic mass is 32.2. The Kier molecular flexibility index (Phi) is 4.32. The second-order valence-electron chi connectivity index (χ2n) is 6.17. The van der Waals surface area contributed by atoms with Gasteiger partial charge < -0.3 is 15.5 Å². The Morgan fingerprint density at radius 3 is 2.92 bits per heavy atom. The van der Waals surface area contributed by atoms with Gasteiger partial charge in [0.25, 0.3) is 0 Å². The summed E-state index contributed by atoms with van der Waals surface area (Å²) in [6.45, 7) is 2.70. The summed E-state index contributed by atoms with van der Waals surface area (Å²) >= 11 is 1.49. The van der Waals surface area contributed by atoms with Crippen molar-refractivity contribution in [3.8, 4) is 0 Å². The molecule has 3 aromatic rings. The number of benzene rings is 1. The van der Waals surface area contributed by atoms with Crippen LogP contribution in [0.1, 0.15) is 16.5 Å². The molecule has 4 rings (SSSR count). The van der Waals surface area contributed by atoms with Gasteiger partial charge >= 0.3 is 0 Å². The largest absolute Gasteiger partial charge is 0.389 e. The molecule has 1 aromatic carbocycles. The van der Waals surface area contributed by atoms with Gasteiger partial charge in [-0.2, -0.15) is 0 Å². The Morgan fingerprint density at radius 2 is 2.16 bits per heavy atom. The number of hydrogen-bond donors (Lipinski definition) is 3. The third-order valence-electron chi connectivity index (χ3n) is 4.30. The van der Waals surface area contributed by atoms with Gasteiger partial charge in [-0.3, -0.25) is 4.57 Å². The molecular weight excluding hydrogens is 338 g/mol. The molecule has 7 nitrogen and oxygen atoms in total. The third kappa shape index (κ3) is 3.08. The number of nitrogens with zero attached hydrogens (tertiary/aromatic N) is 4. The predicted octanol–water partition coefficient (Wildman–Crippen LogP) is 1.71. The van der Waals surface area contributed by atoms with Crippen LogP contribution < -0.4 is 5.32 Å². The summed E-state index contributed by atoms with van der Waals surface area (Å²) in [5, 5.41) is 23.0. The smallest absolute Gasteiger partial charge is 0.166 e. The normalized spacial score (nSPS) is 23.2. The van der Waals surface area contributed by atoms with Crippen LogP contribution in [0.15, 0.2) is 36.9 Å². The molecule has 130 valence electrons. The van der Waals surface area contributed by atoms with Gasteiger partial charge in [-0.1, -0.05) is 29.8 Å². The standard InChI is InChI=1S/C17H19N5O2S/c1-10-3-2-4-11(5-10)6-18-15-13-16(20-8-19-15)22(9-21-13)17-14(24)12(23)7-25-17/h2-5,8-9,12,14,17,23-24H,6-7H2,1H3,(H,18,19,20)/t12?,14-,17+/m0/s1. The maximum Gasteiger partial charge on any atom is 0.166 e. The predicted molar refractivity (Wildman–Crippen MR) is 97.3 cm³/mol. The van der Waals surface area contributed by atoms with Crippen LogP contribution in [-0.4, -0.2) is 47.7 Å². The molecule has 8 heteroatoms. The maximum absolute atomic E-state index is 10.2. The SMILES string of the molecule is Cc1cccc(CNc2ncnc3c2ncn3[C@@H]2SCC(O)[C@@H]2O)c1. The van der Waals surface area contributed by atoms with E-state index in [4.69, 9.17) is 0 Å². The van der Waals surface area contributed by atoms with Crippen molar-refractivity contribution in [1.82, 2.24) is 19.5 Å². The summed E-state index contributed by atoms with van der Waals surface area (Å²) in [7, 11) is 0. The molecule has 0 aliphatic carbocycles. The zero-order valence-corrected chi connectivity index (χ0v) is 14.5. The van der Waals surface area contributed by atoms with Crippen LogP contribution in [-0.2, 0) is 6.54 Å². The van der Waals surface area contributed by atoms with Gasteiger partial charge in [-0.05, 0) is 12.5 Å². The van der Waals surface area contributed by atoms with Gasteiger partial charge in [-0.25, -0.2) is 15.0 Å². The number of aromatic nitrogens is 4. The van der Waals surface area contributed by atoms with Gasteiger partial charge in [0.1, 0.15) is 23.3 Å². The first kappa shape index (κ1) is 16.3. The molecule has 1 fully saturated rings. The van der Waals surface area contributed by atoms with Crippen molar-refractivity contribution in [2.45, 2.75) is 31.1 Å². The number of aliphatic hydroxyl groups is 2. The Labute approximate surface area is 149 Å². The summed E-state index contributed by atoms with van der Waals surface area (Å²) in [5.74, 6) is 1.15. The fourth-order valence-corrected chi connectivity index (χ4v) is 4.29. The van der Waals surface area contributed by atoms with E-state index < -0.39 is 12.2 Å². The molecular formula is C17H19N5O2S. The number of imidazole rings is 1. The Bertz CT molecular complexity index is 900. The molecule has 1 unspecified atom stereocenters. The number of anilines is 1. The first-order valence-corrected chi connectivity index (χ1v) is 9.13. The van der Waals surface area contributed by atoms with Gasteiger partial charge in [0, 0.05) is 12.3 Å². The number of rotatable bonds is 4. The summed E-state index contributed by atoms with van der Waals surface area (Å²) < 4.78 is 1.81. The molecule has 1 aliphatic rings. The number of aryl methyl sites for hydroxylation is 1. The lowest BCUT2D eigenvalue weighted by Gasteiger charge is -2.17. The van der Waals surface area contributed by atoms with Crippen molar-refractivity contribution in [2.75, 3.05) is 11.1 Å². The first-order valence-electron chi connectivity index (χ1n) is 8.08. The van der Waals surface area contributed by atoms with Crippen LogP contribution in [0, 0.1) is 6.92 Å². The molecule has 0 radical (unpaired) electrons. The molecule has 3 atom stereocenters. The van der Waals surface area contributed by atoms with Crippen molar-refractivity contribution in [3.05, 3.63) is 48.0 Å². The van der Waals surface area contributed by atoms with Crippen molar-refractivity contribution < 1.29 is 10.2 Å². The summed E-state index contributed by atoms with van der Waals surface area (Å²) in [4.78, 5) is 13.0. The summed E-state index contributed by atoms with van der Waals surface area (Å²) in [6, 6.07) is 8.27. The molecule has 1 saturated heterocycles. The quantitative estimate of drug-likeness (QED) is 0.654. The zero-order valence-electron chi connectivity index (χ0n) is 13.7. The number of nitrogens with one attached hydrogen (secondary N) is 1. The van der Waals surface area contributed by atoms with Crippen molar-refractivity contribution in [2.24, 2.45) is 0 Å². The summed E-state index contributed by atoms with van der Waals surface area (Å²) in [5.41, 5.74) is 3.68. The fourth-order valence-electron chi connectivity index (χ4n) is 3.00. The zero-order chi connectivity index (χ0) is 17.4. The molecule has 25 heavy (non-hydrogen) atoms. The minimum Gasteiger partial charge on any atom is -0.389 e. The van der Waals surface area contributed by atoms with E-state index in [2.05, 4.69) is 45.4 Å². The first-order chi connectivity index (χ1) is 12.1. The second-order valence-corrected chi connectivity index (χ2v) is 7.32. The van der Waals surface area contributed by atoms with Gasteiger partial charge in [-0.15, -0.1) is 11.8 Å². The summed E-state index contributed by atoms with van der Waals surface area (Å²) in [6.07, 6.45) is 1.58. The number of fused-ring (bicyclic) bond motifs is 1. The van der Waals surface area contributed by atoms with Gasteiger partial charge in [0.2, 0.25) is 0 Å². The molecule has 2 aromatic heterocycles. The van der Waals surface area contributed by atoms with Gasteiger partial charge in [0.05, 0.1) is 12.4 Å². The topological polar surface area (TPSA) is 96.1 Å². The maximum atomic E-state index is 10.2. The van der Waals surface area contributed by atoms with E-state index in [-0.39, 0.29) is 5.37 Å². The van der Waals surface area contributed by atoms with E-state index in [1.807, 2.05) is 6.07 Å². The average molecular weight is 357 g/mol. The Hall–Kier alpha value is -2.16. The number of hydrogen-bond acceptors (Lipinski definition) is 7. The monoisotopic (exact) mass is 357 g/mol. The van der Waals surface area contributed by atoms with Crippen LogP contribution in [0.4, 0.5) is 5.82 Å². The highest BCUT2D eigenvalue weighted by Gasteiger charge is 2.36. The lowest BCUT2D eigenvalue weighted by atomic mass is 10.1. The molecule has 0 bridgehead atoms. The molecule has 3 heterocycles. The fraction of sp³-hybridized carbons (Fsp3) is 0.353. The molecule has 0 spiro atoms. The Morgan fingerprint density at radius 1 is 1.28 bits per heavy atom. The van der Waals surface area contributed by atoms with E-state index in [9.17, 15) is 10.2 Å². The van der Waals surface area contributed by atoms with Crippen LogP contribution in [0.2, 0.25) is 0 Å². The molecule has 3 N–H and O–H groups in total. The van der Waals surface area contributed by atoms with Crippen molar-refractivity contribution in [1.29, 1.82) is 0 Å². The minimum atomic E-state index is -0.832. The minimum absolute atomic E-state index is 0.292. The highest BCUT2D eigenvalue weighted by molar-refractivity contribution is 7.99. The van der Waals surface area contributed by atoms with Crippen molar-refractivity contribution in [3.63, 3.8) is 0 Å². The van der Waals surface area contributed by atoms with Crippen LogP contribution in [0.5, 0.6) is 0 Å². The van der Waals surface area contributed by atoms with Gasteiger partial charge in [0.15, 0.2) is 11.5 Å². The van der Waals surface area contributed by atoms with E-state index in [0.29, 0.717) is 29.3 Å². The van der Waals surface area contributed by atoms with Crippen molar-refractivity contribution >= 4 is 28.7 Å². The molecule has 0 amide bonds. The number of aliphatic hydroxyl groups excluding tert-OH is 2. The van der Waals surface area contributed by atoms with E-state index in [1.165, 1.54) is 23.7 Å². The van der Waals surface area contributed by atoms with Crippen LogP contribution in [0.3, 0.4) is 0 Å². The third-order valence-corrected chi connectivity index (χ3v) is 5.68. The van der Waals surface area contributed by atoms with E-state index >= 15 is 0 Å². The number of thioether (sulfide) groups is 1. The van der Waals surface area contributed by atoms with E-state index in [0.717, 1.165) is 5.56 Å². The lowest BCUT2D eigenvalue weighted by molar-refractivity contribution is 0.0313. The van der Waals surface area contributed by atoms with E-state index in [1.54, 1.807) is 10.9 Å². The average Bonchev–Trinajstić information content (AvgIpc) is 3.17. The second kappa shape index (κ2) is 6.62. The molecule has 1 aliphatic heterocycles. The van der Waals surface area contributed by atoms with Crippen LogP contribution >= 0.6 is 11.8 Å². The van der Waals surface area contributed by atoms with Crippen LogP contribution in [0.25, 0.3) is 11.2 Å². The highest BCUT2D eigenvalue weighted by Crippen LogP contribution is 2.38. The lowest BCUT2D eigenvalue weighted by Crippen LogP contribution is -2.27.